The number of carbonyl (C=O) groups is 1. The summed E-state index contributed by atoms with van der Waals surface area (Å²) in [5.74, 6) is 1.44. The number of anilines is 1. The number of aromatic nitrogens is 2. The van der Waals surface area contributed by atoms with E-state index in [1.165, 1.54) is 0 Å². The molecule has 0 radical (unpaired) electrons. The van der Waals surface area contributed by atoms with E-state index in [1.807, 2.05) is 32.9 Å². The van der Waals surface area contributed by atoms with Crippen LogP contribution in [-0.2, 0) is 17.9 Å². The fourth-order valence-corrected chi connectivity index (χ4v) is 1.82. The van der Waals surface area contributed by atoms with Gasteiger partial charge in [0, 0.05) is 0 Å². The fraction of sp³-hybridized carbons (Fsp3) is 0.385. The third kappa shape index (κ3) is 2.96. The van der Waals surface area contributed by atoms with Crippen LogP contribution in [0.2, 0.25) is 0 Å². The molecule has 0 saturated carbocycles. The van der Waals surface area contributed by atoms with Gasteiger partial charge in [-0.15, -0.1) is 0 Å². The Morgan fingerprint density at radius 3 is 2.68 bits per heavy atom. The molecule has 6 nitrogen and oxygen atoms in total. The van der Waals surface area contributed by atoms with Gasteiger partial charge in [-0.25, -0.2) is 0 Å². The van der Waals surface area contributed by atoms with E-state index in [4.69, 9.17) is 10.2 Å². The molecule has 0 aliphatic carbocycles. The lowest BCUT2D eigenvalue weighted by molar-refractivity contribution is -0.122. The molecule has 0 fully saturated rings. The average molecular weight is 262 g/mol. The van der Waals surface area contributed by atoms with E-state index < -0.39 is 0 Å². The maximum absolute atomic E-state index is 11.8. The summed E-state index contributed by atoms with van der Waals surface area (Å²) >= 11 is 0. The lowest BCUT2D eigenvalue weighted by Crippen LogP contribution is -2.27. The highest BCUT2D eigenvalue weighted by Crippen LogP contribution is 2.14. The van der Waals surface area contributed by atoms with Gasteiger partial charge in [0.25, 0.3) is 0 Å². The van der Waals surface area contributed by atoms with Crippen molar-refractivity contribution in [2.75, 3.05) is 5.73 Å². The Labute approximate surface area is 111 Å². The lowest BCUT2D eigenvalue weighted by Gasteiger charge is -2.05. The molecule has 0 spiro atoms. The zero-order valence-electron chi connectivity index (χ0n) is 11.4. The number of nitrogen functional groups attached to an aromatic ring is 1. The first-order chi connectivity index (χ1) is 8.97. The van der Waals surface area contributed by atoms with E-state index in [0.29, 0.717) is 12.2 Å². The van der Waals surface area contributed by atoms with E-state index in [9.17, 15) is 4.79 Å². The predicted molar refractivity (Wildman–Crippen MR) is 71.4 cm³/mol. The first kappa shape index (κ1) is 13.2. The molecular formula is C13H18N4O2. The molecule has 0 aliphatic rings. The molecule has 0 unspecified atom stereocenters. The summed E-state index contributed by atoms with van der Waals surface area (Å²) in [6, 6.07) is 3.71. The summed E-state index contributed by atoms with van der Waals surface area (Å²) in [6.07, 6.45) is 0. The van der Waals surface area contributed by atoms with E-state index in [2.05, 4.69) is 10.4 Å². The highest BCUT2D eigenvalue weighted by atomic mass is 16.3. The molecule has 19 heavy (non-hydrogen) atoms. The second-order valence-corrected chi connectivity index (χ2v) is 4.53. The number of hydrogen-bond donors (Lipinski definition) is 2. The zero-order chi connectivity index (χ0) is 14.0. The van der Waals surface area contributed by atoms with E-state index >= 15 is 0 Å². The van der Waals surface area contributed by atoms with Crippen LogP contribution < -0.4 is 11.1 Å². The topological polar surface area (TPSA) is 86.1 Å². The van der Waals surface area contributed by atoms with Gasteiger partial charge in [-0.2, -0.15) is 5.10 Å². The summed E-state index contributed by atoms with van der Waals surface area (Å²) in [6.45, 7) is 6.07. The van der Waals surface area contributed by atoms with Gasteiger partial charge in [-0.3, -0.25) is 9.48 Å². The number of aryl methyl sites for hydroxylation is 2. The molecule has 6 heteroatoms. The van der Waals surface area contributed by atoms with Crippen LogP contribution in [0.1, 0.15) is 22.9 Å². The molecule has 3 N–H and O–H groups in total. The Bertz CT molecular complexity index is 598. The van der Waals surface area contributed by atoms with Gasteiger partial charge in [0.15, 0.2) is 0 Å². The van der Waals surface area contributed by atoms with Crippen LogP contribution in [0, 0.1) is 20.8 Å². The van der Waals surface area contributed by atoms with Gasteiger partial charge in [-0.05, 0) is 32.9 Å². The third-order valence-corrected chi connectivity index (χ3v) is 2.99. The smallest absolute Gasteiger partial charge is 0.242 e. The molecule has 102 valence electrons. The number of nitrogens with two attached hydrogens (primary N) is 1. The SMILES string of the molecule is Cc1ccc(CNC(=O)Cn2nc(C)c(N)c2C)o1. The van der Waals surface area contributed by atoms with Gasteiger partial charge >= 0.3 is 0 Å². The lowest BCUT2D eigenvalue weighted by atomic mass is 10.3. The third-order valence-electron chi connectivity index (χ3n) is 2.99. The molecule has 2 aromatic heterocycles. The van der Waals surface area contributed by atoms with Crippen molar-refractivity contribution in [1.82, 2.24) is 15.1 Å². The van der Waals surface area contributed by atoms with Gasteiger partial charge in [-0.1, -0.05) is 0 Å². The highest BCUT2D eigenvalue weighted by molar-refractivity contribution is 5.75. The minimum Gasteiger partial charge on any atom is -0.465 e. The van der Waals surface area contributed by atoms with Gasteiger partial charge in [0.05, 0.1) is 23.6 Å². The van der Waals surface area contributed by atoms with Gasteiger partial charge < -0.3 is 15.5 Å². The summed E-state index contributed by atoms with van der Waals surface area (Å²) in [5, 5.41) is 7.00. The van der Waals surface area contributed by atoms with Gasteiger partial charge in [0.1, 0.15) is 18.1 Å². The number of nitrogens with one attached hydrogen (secondary N) is 1. The highest BCUT2D eigenvalue weighted by Gasteiger charge is 2.11. The molecule has 0 atom stereocenters. The maximum Gasteiger partial charge on any atom is 0.242 e. The van der Waals surface area contributed by atoms with Crippen molar-refractivity contribution in [2.24, 2.45) is 0 Å². The Morgan fingerprint density at radius 2 is 2.16 bits per heavy atom. The summed E-state index contributed by atoms with van der Waals surface area (Å²) in [4.78, 5) is 11.8. The average Bonchev–Trinajstić information content (AvgIpc) is 2.88. The van der Waals surface area contributed by atoms with Crippen molar-refractivity contribution in [3.63, 3.8) is 0 Å². The molecule has 2 rings (SSSR count). The van der Waals surface area contributed by atoms with E-state index in [-0.39, 0.29) is 12.5 Å². The summed E-state index contributed by atoms with van der Waals surface area (Å²) in [5.41, 5.74) is 8.00. The largest absolute Gasteiger partial charge is 0.465 e. The van der Waals surface area contributed by atoms with Crippen LogP contribution in [0.25, 0.3) is 0 Å². The van der Waals surface area contributed by atoms with Crippen molar-refractivity contribution in [1.29, 1.82) is 0 Å². The standard InChI is InChI=1S/C13H18N4O2/c1-8-4-5-11(19-8)6-15-12(18)7-17-10(3)13(14)9(2)16-17/h4-5H,6-7,14H2,1-3H3,(H,15,18). The normalized spacial score (nSPS) is 10.7. The Hall–Kier alpha value is -2.24. The van der Waals surface area contributed by atoms with Crippen LogP contribution in [0.15, 0.2) is 16.5 Å². The minimum absolute atomic E-state index is 0.125. The number of rotatable bonds is 4. The van der Waals surface area contributed by atoms with Crippen molar-refractivity contribution in [2.45, 2.75) is 33.9 Å². The molecule has 2 aromatic rings. The van der Waals surface area contributed by atoms with E-state index in [1.54, 1.807) is 4.68 Å². The second kappa shape index (κ2) is 5.17. The molecule has 2 heterocycles. The second-order valence-electron chi connectivity index (χ2n) is 4.53. The number of hydrogen-bond acceptors (Lipinski definition) is 4. The van der Waals surface area contributed by atoms with Crippen LogP contribution in [0.5, 0.6) is 0 Å². The number of carbonyl (C=O) groups excluding carboxylic acids is 1. The number of furan rings is 1. The monoisotopic (exact) mass is 262 g/mol. The first-order valence-electron chi connectivity index (χ1n) is 6.09. The maximum atomic E-state index is 11.8. The van der Waals surface area contributed by atoms with E-state index in [0.717, 1.165) is 22.9 Å². The first-order valence-corrected chi connectivity index (χ1v) is 6.09. The number of nitrogens with zero attached hydrogens (tertiary/aromatic N) is 2. The molecule has 1 amide bonds. The number of amides is 1. The summed E-state index contributed by atoms with van der Waals surface area (Å²) < 4.78 is 6.98. The molecule has 0 aliphatic heterocycles. The van der Waals surface area contributed by atoms with Crippen LogP contribution in [-0.4, -0.2) is 15.7 Å². The Balaban J connectivity index is 1.92. The van der Waals surface area contributed by atoms with Crippen molar-refractivity contribution >= 4 is 11.6 Å². The Kier molecular flexibility index (Phi) is 3.59. The molecule has 0 saturated heterocycles. The molecular weight excluding hydrogens is 244 g/mol. The molecule has 0 aromatic carbocycles. The minimum atomic E-state index is -0.125. The van der Waals surface area contributed by atoms with Crippen LogP contribution in [0.3, 0.4) is 0 Å². The fourth-order valence-electron chi connectivity index (χ4n) is 1.82. The quantitative estimate of drug-likeness (QED) is 0.869. The zero-order valence-corrected chi connectivity index (χ0v) is 11.4. The summed E-state index contributed by atoms with van der Waals surface area (Å²) in [7, 11) is 0. The Morgan fingerprint density at radius 1 is 1.42 bits per heavy atom. The van der Waals surface area contributed by atoms with Crippen molar-refractivity contribution in [3.05, 3.63) is 35.0 Å². The van der Waals surface area contributed by atoms with Crippen molar-refractivity contribution in [3.8, 4) is 0 Å². The van der Waals surface area contributed by atoms with Gasteiger partial charge in [0.2, 0.25) is 5.91 Å². The van der Waals surface area contributed by atoms with Crippen LogP contribution in [0.4, 0.5) is 5.69 Å². The van der Waals surface area contributed by atoms with Crippen LogP contribution >= 0.6 is 0 Å². The molecule has 0 bridgehead atoms. The van der Waals surface area contributed by atoms with Crippen molar-refractivity contribution < 1.29 is 9.21 Å². The predicted octanol–water partition coefficient (Wildman–Crippen LogP) is 1.30.